The zero-order valence-corrected chi connectivity index (χ0v) is 12.3. The van der Waals surface area contributed by atoms with E-state index in [1.807, 2.05) is 54.6 Å². The van der Waals surface area contributed by atoms with E-state index in [4.69, 9.17) is 0 Å². The third-order valence-electron chi connectivity index (χ3n) is 3.31. The Morgan fingerprint density at radius 2 is 1.55 bits per heavy atom. The second-order valence-corrected chi connectivity index (χ2v) is 6.00. The molecule has 0 spiro atoms. The molecule has 104 valence electrons. The lowest BCUT2D eigenvalue weighted by atomic mass is 9.82. The number of hydrogen-bond donors (Lipinski definition) is 1. The molecule has 0 heterocycles. The number of hydrogen-bond acceptors (Lipinski definition) is 1. The van der Waals surface area contributed by atoms with E-state index in [1.165, 1.54) is 5.56 Å². The Kier molecular flexibility index (Phi) is 4.23. The molecule has 0 bridgehead atoms. The summed E-state index contributed by atoms with van der Waals surface area (Å²) < 4.78 is 0. The maximum Gasteiger partial charge on any atom is 0.251 e. The minimum Gasteiger partial charge on any atom is -0.348 e. The van der Waals surface area contributed by atoms with Crippen LogP contribution in [0, 0.1) is 0 Å². The van der Waals surface area contributed by atoms with Crippen LogP contribution in [0.1, 0.15) is 42.3 Å². The third-order valence-corrected chi connectivity index (χ3v) is 3.31. The average molecular weight is 266 g/mol. The van der Waals surface area contributed by atoms with Crippen molar-refractivity contribution in [2.75, 3.05) is 0 Å². The van der Waals surface area contributed by atoms with Crippen LogP contribution < -0.4 is 5.32 Å². The maximum absolute atomic E-state index is 12.1. The summed E-state index contributed by atoms with van der Waals surface area (Å²) in [6, 6.07) is 17.7. The van der Waals surface area contributed by atoms with E-state index in [9.17, 15) is 4.79 Å². The molecule has 0 aromatic heterocycles. The summed E-state index contributed by atoms with van der Waals surface area (Å²) in [5.41, 5.74) is 3.15. The Labute approximate surface area is 120 Å². The largest absolute Gasteiger partial charge is 0.348 e. The molecule has 0 fully saturated rings. The number of amides is 1. The van der Waals surface area contributed by atoms with Gasteiger partial charge in [-0.2, -0.15) is 0 Å². The molecule has 20 heavy (non-hydrogen) atoms. The highest BCUT2D eigenvalue weighted by Gasteiger charge is 2.14. The van der Waals surface area contributed by atoms with Crippen molar-refractivity contribution in [3.05, 3.63) is 71.3 Å². The fourth-order valence-corrected chi connectivity index (χ4v) is 2.00. The van der Waals surface area contributed by atoms with Crippen molar-refractivity contribution in [2.24, 2.45) is 0 Å². The zero-order chi connectivity index (χ0) is 14.6. The van der Waals surface area contributed by atoms with Gasteiger partial charge in [0, 0.05) is 12.1 Å². The Morgan fingerprint density at radius 1 is 0.950 bits per heavy atom. The van der Waals surface area contributed by atoms with E-state index in [2.05, 4.69) is 26.1 Å². The van der Waals surface area contributed by atoms with E-state index in [1.54, 1.807) is 0 Å². The van der Waals surface area contributed by atoms with Gasteiger partial charge in [0.25, 0.3) is 5.91 Å². The van der Waals surface area contributed by atoms with E-state index in [0.29, 0.717) is 12.1 Å². The van der Waals surface area contributed by atoms with Crippen molar-refractivity contribution in [3.8, 4) is 0 Å². The van der Waals surface area contributed by atoms with Gasteiger partial charge in [0.1, 0.15) is 0 Å². The second-order valence-electron chi connectivity index (χ2n) is 6.00. The van der Waals surface area contributed by atoms with Crippen molar-refractivity contribution in [3.63, 3.8) is 0 Å². The van der Waals surface area contributed by atoms with Crippen LogP contribution in [0.2, 0.25) is 0 Å². The van der Waals surface area contributed by atoms with Gasteiger partial charge in [0.2, 0.25) is 0 Å². The summed E-state index contributed by atoms with van der Waals surface area (Å²) in [7, 11) is 0. The highest BCUT2D eigenvalue weighted by Crippen LogP contribution is 2.22. The molecule has 0 unspecified atom stereocenters. The van der Waals surface area contributed by atoms with Crippen molar-refractivity contribution in [1.82, 2.24) is 5.32 Å². The smallest absolute Gasteiger partial charge is 0.251 e. The molecular formula is C18H21NO. The van der Waals surface area contributed by atoms with E-state index >= 15 is 0 Å². The number of nitrogens with one attached hydrogen (secondary N) is 1. The number of carbonyl (C=O) groups excluding carboxylic acids is 1. The van der Waals surface area contributed by atoms with Gasteiger partial charge in [-0.05, 0) is 28.7 Å². The Hall–Kier alpha value is -2.09. The van der Waals surface area contributed by atoms with Gasteiger partial charge < -0.3 is 5.32 Å². The van der Waals surface area contributed by atoms with Crippen molar-refractivity contribution < 1.29 is 4.79 Å². The molecule has 0 aliphatic heterocycles. The third kappa shape index (κ3) is 3.70. The molecule has 2 aromatic carbocycles. The molecule has 2 rings (SSSR count). The summed E-state index contributed by atoms with van der Waals surface area (Å²) in [4.78, 5) is 12.1. The number of rotatable bonds is 3. The summed E-state index contributed by atoms with van der Waals surface area (Å²) in [5, 5.41) is 2.93. The molecule has 2 heteroatoms. The molecule has 2 aromatic rings. The Bertz CT molecular complexity index is 565. The van der Waals surface area contributed by atoms with Crippen LogP contribution in [-0.2, 0) is 12.0 Å². The normalized spacial score (nSPS) is 11.2. The van der Waals surface area contributed by atoms with E-state index < -0.39 is 0 Å². The van der Waals surface area contributed by atoms with Gasteiger partial charge >= 0.3 is 0 Å². The average Bonchev–Trinajstić information content (AvgIpc) is 2.45. The molecule has 1 amide bonds. The van der Waals surface area contributed by atoms with Gasteiger partial charge in [0.05, 0.1) is 0 Å². The minimum absolute atomic E-state index is 0.0330. The standard InChI is InChI=1S/C18H21NO/c1-18(2,3)16-11-9-15(10-12-16)17(20)19-13-14-7-5-4-6-8-14/h4-12H,13H2,1-3H3,(H,19,20)/i17-1. The molecule has 2 nitrogen and oxygen atoms in total. The lowest BCUT2D eigenvalue weighted by Crippen LogP contribution is -2.23. The topological polar surface area (TPSA) is 29.1 Å². The molecule has 0 aliphatic rings. The highest BCUT2D eigenvalue weighted by molar-refractivity contribution is 5.94. The highest BCUT2D eigenvalue weighted by atomic mass is 16.1. The van der Waals surface area contributed by atoms with Crippen molar-refractivity contribution in [2.45, 2.75) is 32.7 Å². The SMILES string of the molecule is CC(C)(C)c1ccc([11C](=O)NCc2ccccc2)cc1. The van der Waals surface area contributed by atoms with Gasteiger partial charge in [-0.3, -0.25) is 4.79 Å². The molecule has 0 radical (unpaired) electrons. The summed E-state index contributed by atoms with van der Waals surface area (Å²) in [6.45, 7) is 7.05. The van der Waals surface area contributed by atoms with Gasteiger partial charge in [0.15, 0.2) is 0 Å². The quantitative estimate of drug-likeness (QED) is 0.896. The molecular weight excluding hydrogens is 245 g/mol. The first-order valence-corrected chi connectivity index (χ1v) is 6.89. The van der Waals surface area contributed by atoms with Crippen LogP contribution in [0.25, 0.3) is 0 Å². The second kappa shape index (κ2) is 5.91. The summed E-state index contributed by atoms with van der Waals surface area (Å²) >= 11 is 0. The molecule has 0 saturated carbocycles. The Morgan fingerprint density at radius 3 is 2.10 bits per heavy atom. The predicted molar refractivity (Wildman–Crippen MR) is 82.8 cm³/mol. The minimum atomic E-state index is -0.0330. The Balaban J connectivity index is 1.99. The zero-order valence-electron chi connectivity index (χ0n) is 12.3. The molecule has 0 aliphatic carbocycles. The maximum atomic E-state index is 12.1. The van der Waals surface area contributed by atoms with Gasteiger partial charge in [-0.15, -0.1) is 0 Å². The van der Waals surface area contributed by atoms with Crippen molar-refractivity contribution in [1.29, 1.82) is 0 Å². The van der Waals surface area contributed by atoms with E-state index in [0.717, 1.165) is 5.56 Å². The lowest BCUT2D eigenvalue weighted by Gasteiger charge is -2.19. The van der Waals surface area contributed by atoms with Crippen LogP contribution in [0.15, 0.2) is 54.6 Å². The van der Waals surface area contributed by atoms with Crippen LogP contribution >= 0.6 is 0 Å². The van der Waals surface area contributed by atoms with Crippen LogP contribution in [0.3, 0.4) is 0 Å². The number of benzene rings is 2. The monoisotopic (exact) mass is 266 g/mol. The van der Waals surface area contributed by atoms with E-state index in [-0.39, 0.29) is 11.3 Å². The predicted octanol–water partition coefficient (Wildman–Crippen LogP) is 3.91. The fourth-order valence-electron chi connectivity index (χ4n) is 2.00. The van der Waals surface area contributed by atoms with Crippen molar-refractivity contribution >= 4 is 5.91 Å². The van der Waals surface area contributed by atoms with Gasteiger partial charge in [-0.1, -0.05) is 63.2 Å². The summed E-state index contributed by atoms with van der Waals surface area (Å²) in [6.07, 6.45) is 0. The van der Waals surface area contributed by atoms with Gasteiger partial charge in [-0.25, -0.2) is 0 Å². The molecule has 1 N–H and O–H groups in total. The lowest BCUT2D eigenvalue weighted by molar-refractivity contribution is 0.0951. The van der Waals surface area contributed by atoms with Crippen LogP contribution in [-0.4, -0.2) is 5.91 Å². The van der Waals surface area contributed by atoms with Crippen LogP contribution in [0.5, 0.6) is 0 Å². The first-order valence-electron chi connectivity index (χ1n) is 6.89. The van der Waals surface area contributed by atoms with Crippen LogP contribution in [0.4, 0.5) is 0 Å². The molecule has 0 saturated heterocycles. The first-order chi connectivity index (χ1) is 9.47. The molecule has 0 atom stereocenters. The number of carbonyl (C=O) groups is 1. The fraction of sp³-hybridized carbons (Fsp3) is 0.278. The summed E-state index contributed by atoms with van der Waals surface area (Å²) in [5.74, 6) is -0.0330. The first kappa shape index (κ1) is 14.3.